The van der Waals surface area contributed by atoms with E-state index in [0.29, 0.717) is 11.3 Å². The molecule has 0 unspecified atom stereocenters. The lowest BCUT2D eigenvalue weighted by Gasteiger charge is -2.17. The van der Waals surface area contributed by atoms with Crippen molar-refractivity contribution in [2.45, 2.75) is 20.8 Å². The minimum Gasteiger partial charge on any atom is -0.478 e. The van der Waals surface area contributed by atoms with Crippen LogP contribution in [-0.4, -0.2) is 29.3 Å². The number of carbonyl (C=O) groups excluding carboxylic acids is 2. The zero-order valence-corrected chi connectivity index (χ0v) is 11.6. The number of aryl methyl sites for hydroxylation is 2. The van der Waals surface area contributed by atoms with Gasteiger partial charge in [-0.25, -0.2) is 4.79 Å². The molecule has 0 atom stereocenters. The summed E-state index contributed by atoms with van der Waals surface area (Å²) < 4.78 is 0. The number of nitrogens with zero attached hydrogens (tertiary/aromatic N) is 1. The van der Waals surface area contributed by atoms with Gasteiger partial charge in [0.1, 0.15) is 0 Å². The number of anilines is 1. The van der Waals surface area contributed by atoms with Crippen LogP contribution >= 0.6 is 0 Å². The topological polar surface area (TPSA) is 74.7 Å². The fourth-order valence-electron chi connectivity index (χ4n) is 2.25. The molecule has 0 fully saturated rings. The molecule has 0 spiro atoms. The third kappa shape index (κ3) is 2.11. The van der Waals surface area contributed by atoms with Crippen LogP contribution in [0.4, 0.5) is 5.69 Å². The predicted octanol–water partition coefficient (Wildman–Crippen LogP) is 1.86. The van der Waals surface area contributed by atoms with Crippen LogP contribution in [0.2, 0.25) is 0 Å². The first kappa shape index (κ1) is 14.0. The van der Waals surface area contributed by atoms with Gasteiger partial charge in [0.25, 0.3) is 11.7 Å². The average Bonchev–Trinajstić information content (AvgIpc) is 2.65. The maximum absolute atomic E-state index is 12.0. The van der Waals surface area contributed by atoms with E-state index in [9.17, 15) is 14.4 Å². The molecule has 1 aromatic rings. The summed E-state index contributed by atoms with van der Waals surface area (Å²) in [6.07, 6.45) is 1.43. The van der Waals surface area contributed by atoms with Gasteiger partial charge in [-0.3, -0.25) is 9.59 Å². The molecule has 0 saturated carbocycles. The molecule has 0 aliphatic carbocycles. The summed E-state index contributed by atoms with van der Waals surface area (Å²) in [6.45, 7) is 5.14. The molecule has 0 radical (unpaired) electrons. The molecule has 2 rings (SSSR count). The van der Waals surface area contributed by atoms with Gasteiger partial charge in [-0.05, 0) is 31.9 Å². The predicted molar refractivity (Wildman–Crippen MR) is 74.0 cm³/mol. The molecule has 1 aliphatic heterocycles. The summed E-state index contributed by atoms with van der Waals surface area (Å²) in [5.74, 6) is -2.17. The normalized spacial score (nSPS) is 14.8. The first-order valence-electron chi connectivity index (χ1n) is 6.21. The highest BCUT2D eigenvalue weighted by Gasteiger charge is 2.37. The van der Waals surface area contributed by atoms with Gasteiger partial charge in [0.2, 0.25) is 0 Å². The standard InChI is InChI=1S/C15H15NO4/c1-8-4-5-9(2)12-11(8)13(17)14(18)16(12)7-6-10(3)15(19)20/h4-6H,7H2,1-3H3,(H,19,20). The monoisotopic (exact) mass is 273 g/mol. The highest BCUT2D eigenvalue weighted by Crippen LogP contribution is 2.34. The van der Waals surface area contributed by atoms with Crippen molar-refractivity contribution in [3.8, 4) is 0 Å². The lowest BCUT2D eigenvalue weighted by Crippen LogP contribution is -2.30. The quantitative estimate of drug-likeness (QED) is 0.674. The summed E-state index contributed by atoms with van der Waals surface area (Å²) in [4.78, 5) is 36.2. The molecule has 0 bridgehead atoms. The summed E-state index contributed by atoms with van der Waals surface area (Å²) in [5.41, 5.74) is 2.74. The highest BCUT2D eigenvalue weighted by molar-refractivity contribution is 6.52. The van der Waals surface area contributed by atoms with Gasteiger partial charge < -0.3 is 10.0 Å². The second kappa shape index (κ2) is 4.92. The highest BCUT2D eigenvalue weighted by atomic mass is 16.4. The van der Waals surface area contributed by atoms with Crippen LogP contribution < -0.4 is 4.90 Å². The fraction of sp³-hybridized carbons (Fsp3) is 0.267. The van der Waals surface area contributed by atoms with Crippen molar-refractivity contribution in [2.24, 2.45) is 0 Å². The SMILES string of the molecule is CC(=CCN1C(=O)C(=O)c2c(C)ccc(C)c21)C(=O)O. The summed E-state index contributed by atoms with van der Waals surface area (Å²) >= 11 is 0. The number of carbonyl (C=O) groups is 3. The Morgan fingerprint density at radius 3 is 2.45 bits per heavy atom. The number of aliphatic carboxylic acids is 1. The Hall–Kier alpha value is -2.43. The van der Waals surface area contributed by atoms with Crippen LogP contribution in [0.5, 0.6) is 0 Å². The molecular weight excluding hydrogens is 258 g/mol. The van der Waals surface area contributed by atoms with Gasteiger partial charge in [-0.15, -0.1) is 0 Å². The molecule has 1 N–H and O–H groups in total. The Balaban J connectivity index is 2.46. The maximum Gasteiger partial charge on any atom is 0.331 e. The van der Waals surface area contributed by atoms with Gasteiger partial charge in [-0.2, -0.15) is 0 Å². The largest absolute Gasteiger partial charge is 0.478 e. The van der Waals surface area contributed by atoms with Crippen molar-refractivity contribution in [3.05, 3.63) is 40.5 Å². The molecule has 1 aromatic carbocycles. The van der Waals surface area contributed by atoms with Crippen molar-refractivity contribution < 1.29 is 19.5 Å². The molecule has 20 heavy (non-hydrogen) atoms. The van der Waals surface area contributed by atoms with Crippen LogP contribution in [0.15, 0.2) is 23.8 Å². The summed E-state index contributed by atoms with van der Waals surface area (Å²) in [6, 6.07) is 3.65. The lowest BCUT2D eigenvalue weighted by atomic mass is 10.0. The van der Waals surface area contributed by atoms with Crippen LogP contribution in [0.3, 0.4) is 0 Å². The summed E-state index contributed by atoms with van der Waals surface area (Å²) in [5, 5.41) is 8.83. The molecule has 5 nitrogen and oxygen atoms in total. The van der Waals surface area contributed by atoms with Gasteiger partial charge in [0, 0.05) is 12.1 Å². The van der Waals surface area contributed by atoms with E-state index >= 15 is 0 Å². The Bertz CT molecular complexity index is 658. The Morgan fingerprint density at radius 1 is 1.25 bits per heavy atom. The van der Waals surface area contributed by atoms with Crippen LogP contribution in [-0.2, 0) is 9.59 Å². The maximum atomic E-state index is 12.0. The van der Waals surface area contributed by atoms with E-state index in [4.69, 9.17) is 5.11 Å². The van der Waals surface area contributed by atoms with E-state index in [1.807, 2.05) is 13.0 Å². The van der Waals surface area contributed by atoms with Crippen molar-refractivity contribution in [3.63, 3.8) is 0 Å². The number of Topliss-reactive ketones (excluding diaryl/α,β-unsaturated/α-hetero) is 1. The second-order valence-corrected chi connectivity index (χ2v) is 4.86. The van der Waals surface area contributed by atoms with E-state index in [2.05, 4.69) is 0 Å². The molecule has 0 saturated heterocycles. The first-order chi connectivity index (χ1) is 9.34. The minimum atomic E-state index is -1.04. The van der Waals surface area contributed by atoms with Crippen molar-refractivity contribution in [1.82, 2.24) is 0 Å². The molecule has 1 amide bonds. The number of rotatable bonds is 3. The van der Waals surface area contributed by atoms with E-state index in [1.54, 1.807) is 13.0 Å². The van der Waals surface area contributed by atoms with E-state index < -0.39 is 17.7 Å². The Kier molecular flexibility index (Phi) is 3.44. The van der Waals surface area contributed by atoms with Gasteiger partial charge in [-0.1, -0.05) is 18.2 Å². The first-order valence-corrected chi connectivity index (χ1v) is 6.21. The Morgan fingerprint density at radius 2 is 1.85 bits per heavy atom. The van der Waals surface area contributed by atoms with E-state index in [1.165, 1.54) is 17.9 Å². The molecule has 0 aromatic heterocycles. The minimum absolute atomic E-state index is 0.0833. The smallest absolute Gasteiger partial charge is 0.331 e. The van der Waals surface area contributed by atoms with Gasteiger partial charge >= 0.3 is 5.97 Å². The second-order valence-electron chi connectivity index (χ2n) is 4.86. The van der Waals surface area contributed by atoms with Gasteiger partial charge in [0.05, 0.1) is 11.3 Å². The van der Waals surface area contributed by atoms with E-state index in [-0.39, 0.29) is 12.1 Å². The number of benzene rings is 1. The number of hydrogen-bond donors (Lipinski definition) is 1. The van der Waals surface area contributed by atoms with Crippen molar-refractivity contribution in [2.75, 3.05) is 11.4 Å². The zero-order valence-electron chi connectivity index (χ0n) is 11.6. The van der Waals surface area contributed by atoms with Crippen LogP contribution in [0, 0.1) is 13.8 Å². The molecular formula is C15H15NO4. The number of amides is 1. The summed E-state index contributed by atoms with van der Waals surface area (Å²) in [7, 11) is 0. The molecule has 1 heterocycles. The van der Waals surface area contributed by atoms with Crippen molar-refractivity contribution >= 4 is 23.3 Å². The average molecular weight is 273 g/mol. The fourth-order valence-corrected chi connectivity index (χ4v) is 2.25. The number of ketones is 1. The van der Waals surface area contributed by atoms with Gasteiger partial charge in [0.15, 0.2) is 0 Å². The molecule has 1 aliphatic rings. The number of fused-ring (bicyclic) bond motifs is 1. The number of carboxylic acid groups (broad SMARTS) is 1. The van der Waals surface area contributed by atoms with E-state index in [0.717, 1.165) is 11.1 Å². The van der Waals surface area contributed by atoms with Crippen molar-refractivity contribution in [1.29, 1.82) is 0 Å². The number of hydrogen-bond acceptors (Lipinski definition) is 3. The Labute approximate surface area is 116 Å². The van der Waals surface area contributed by atoms with Crippen LogP contribution in [0.1, 0.15) is 28.4 Å². The molecule has 104 valence electrons. The zero-order chi connectivity index (χ0) is 15.0. The lowest BCUT2D eigenvalue weighted by molar-refractivity contribution is -0.132. The third-order valence-electron chi connectivity index (χ3n) is 3.44. The van der Waals surface area contributed by atoms with Crippen LogP contribution in [0.25, 0.3) is 0 Å². The third-order valence-corrected chi connectivity index (χ3v) is 3.44. The molecule has 5 heteroatoms. The number of carboxylic acids is 1.